The molecule has 2 aromatic carbocycles. The van der Waals surface area contributed by atoms with E-state index in [1.807, 2.05) is 12.1 Å². The largest absolute Gasteiger partial charge is 0.486 e. The van der Waals surface area contributed by atoms with E-state index in [0.717, 1.165) is 8.95 Å². The number of carbonyl (C=O) groups is 1. The number of benzene rings is 2. The van der Waals surface area contributed by atoms with E-state index in [1.54, 1.807) is 24.3 Å². The van der Waals surface area contributed by atoms with Crippen LogP contribution in [-0.4, -0.2) is 25.7 Å². The lowest BCUT2D eigenvalue weighted by atomic mass is 10.2. The van der Waals surface area contributed by atoms with Gasteiger partial charge in [0, 0.05) is 16.2 Å². The van der Waals surface area contributed by atoms with Gasteiger partial charge in [-0.15, -0.1) is 0 Å². The number of halogens is 2. The second-order valence-corrected chi connectivity index (χ2v) is 6.54. The molecule has 2 aromatic rings. The van der Waals surface area contributed by atoms with Crippen LogP contribution in [0.3, 0.4) is 0 Å². The molecule has 23 heavy (non-hydrogen) atoms. The van der Waals surface area contributed by atoms with Crippen molar-refractivity contribution >= 4 is 43.5 Å². The highest BCUT2D eigenvalue weighted by Crippen LogP contribution is 2.32. The fourth-order valence-corrected chi connectivity index (χ4v) is 3.22. The SMILES string of the molecule is O=C(COc1ccc(Br)cc1Br)Nc1ccc2c(c1)OCCO2. The number of nitrogens with one attached hydrogen (secondary N) is 1. The van der Waals surface area contributed by atoms with E-state index in [1.165, 1.54) is 0 Å². The smallest absolute Gasteiger partial charge is 0.262 e. The molecular weight excluding hydrogens is 430 g/mol. The van der Waals surface area contributed by atoms with Crippen LogP contribution >= 0.6 is 31.9 Å². The summed E-state index contributed by atoms with van der Waals surface area (Å²) in [6, 6.07) is 10.8. The summed E-state index contributed by atoms with van der Waals surface area (Å²) in [6.45, 7) is 0.953. The molecule has 120 valence electrons. The molecule has 0 fully saturated rings. The molecule has 0 unspecified atom stereocenters. The van der Waals surface area contributed by atoms with Crippen molar-refractivity contribution in [1.29, 1.82) is 0 Å². The molecule has 0 radical (unpaired) electrons. The second kappa shape index (κ2) is 7.23. The first kappa shape index (κ1) is 16.1. The molecule has 1 aliphatic rings. The summed E-state index contributed by atoms with van der Waals surface area (Å²) in [5, 5.41) is 2.77. The first-order valence-corrected chi connectivity index (χ1v) is 8.48. The Morgan fingerprint density at radius 2 is 1.87 bits per heavy atom. The quantitative estimate of drug-likeness (QED) is 0.777. The van der Waals surface area contributed by atoms with Gasteiger partial charge >= 0.3 is 0 Å². The normalized spacial score (nSPS) is 12.6. The molecule has 7 heteroatoms. The number of amides is 1. The average molecular weight is 443 g/mol. The Balaban J connectivity index is 1.59. The molecule has 0 aliphatic carbocycles. The Bertz CT molecular complexity index is 736. The molecule has 1 aliphatic heterocycles. The highest BCUT2D eigenvalue weighted by molar-refractivity contribution is 9.11. The van der Waals surface area contributed by atoms with Crippen LogP contribution in [0.1, 0.15) is 0 Å². The van der Waals surface area contributed by atoms with Gasteiger partial charge in [-0.2, -0.15) is 0 Å². The Labute approximate surface area is 150 Å². The summed E-state index contributed by atoms with van der Waals surface area (Å²) in [5.41, 5.74) is 0.637. The summed E-state index contributed by atoms with van der Waals surface area (Å²) in [7, 11) is 0. The molecule has 0 aromatic heterocycles. The van der Waals surface area contributed by atoms with E-state index in [4.69, 9.17) is 14.2 Å². The van der Waals surface area contributed by atoms with Crippen molar-refractivity contribution in [2.24, 2.45) is 0 Å². The Kier molecular flexibility index (Phi) is 5.07. The van der Waals surface area contributed by atoms with Gasteiger partial charge in [0.25, 0.3) is 5.91 Å². The third-order valence-electron chi connectivity index (χ3n) is 3.08. The minimum atomic E-state index is -0.253. The van der Waals surface area contributed by atoms with E-state index in [9.17, 15) is 4.79 Å². The fourth-order valence-electron chi connectivity index (χ4n) is 2.05. The van der Waals surface area contributed by atoms with Crippen molar-refractivity contribution in [3.8, 4) is 17.2 Å². The Morgan fingerprint density at radius 3 is 2.65 bits per heavy atom. The summed E-state index contributed by atoms with van der Waals surface area (Å²) in [6.07, 6.45) is 0. The number of anilines is 1. The number of ether oxygens (including phenoxy) is 3. The highest BCUT2D eigenvalue weighted by Gasteiger charge is 2.13. The highest BCUT2D eigenvalue weighted by atomic mass is 79.9. The predicted molar refractivity (Wildman–Crippen MR) is 93.4 cm³/mol. The molecule has 3 rings (SSSR count). The molecule has 1 N–H and O–H groups in total. The summed E-state index contributed by atoms with van der Waals surface area (Å²) >= 11 is 6.75. The topological polar surface area (TPSA) is 56.8 Å². The first-order chi connectivity index (χ1) is 11.1. The number of carbonyl (C=O) groups excluding carboxylic acids is 1. The predicted octanol–water partition coefficient (Wildman–Crippen LogP) is 4.00. The van der Waals surface area contributed by atoms with Gasteiger partial charge in [0.05, 0.1) is 4.47 Å². The minimum absolute atomic E-state index is 0.0886. The lowest BCUT2D eigenvalue weighted by Crippen LogP contribution is -2.21. The Hall–Kier alpha value is -1.73. The van der Waals surface area contributed by atoms with Crippen LogP contribution in [0.2, 0.25) is 0 Å². The lowest BCUT2D eigenvalue weighted by Gasteiger charge is -2.19. The zero-order valence-corrected chi connectivity index (χ0v) is 15.1. The third-order valence-corrected chi connectivity index (χ3v) is 4.19. The molecule has 0 saturated heterocycles. The molecule has 0 atom stereocenters. The minimum Gasteiger partial charge on any atom is -0.486 e. The van der Waals surface area contributed by atoms with E-state index in [-0.39, 0.29) is 12.5 Å². The number of hydrogen-bond acceptors (Lipinski definition) is 4. The van der Waals surface area contributed by atoms with Crippen molar-refractivity contribution in [2.45, 2.75) is 0 Å². The first-order valence-electron chi connectivity index (χ1n) is 6.89. The van der Waals surface area contributed by atoms with Gasteiger partial charge in [-0.25, -0.2) is 0 Å². The number of rotatable bonds is 4. The van der Waals surface area contributed by atoms with E-state index >= 15 is 0 Å². The molecular formula is C16H13Br2NO4. The molecule has 1 amide bonds. The second-order valence-electron chi connectivity index (χ2n) is 4.77. The summed E-state index contributed by atoms with van der Waals surface area (Å²) < 4.78 is 18.1. The van der Waals surface area contributed by atoms with Crippen LogP contribution in [-0.2, 0) is 4.79 Å². The maximum absolute atomic E-state index is 12.0. The number of fused-ring (bicyclic) bond motifs is 1. The van der Waals surface area contributed by atoms with E-state index in [2.05, 4.69) is 37.2 Å². The van der Waals surface area contributed by atoms with Gasteiger partial charge in [-0.1, -0.05) is 15.9 Å². The molecule has 0 saturated carbocycles. The zero-order chi connectivity index (χ0) is 16.2. The Morgan fingerprint density at radius 1 is 1.09 bits per heavy atom. The van der Waals surface area contributed by atoms with Crippen molar-refractivity contribution in [2.75, 3.05) is 25.1 Å². The molecule has 0 bridgehead atoms. The lowest BCUT2D eigenvalue weighted by molar-refractivity contribution is -0.118. The van der Waals surface area contributed by atoms with Crippen LogP contribution in [0.15, 0.2) is 45.3 Å². The summed E-state index contributed by atoms with van der Waals surface area (Å²) in [4.78, 5) is 12.0. The van der Waals surface area contributed by atoms with Crippen molar-refractivity contribution in [3.05, 3.63) is 45.3 Å². The van der Waals surface area contributed by atoms with Gasteiger partial charge in [0.15, 0.2) is 18.1 Å². The monoisotopic (exact) mass is 441 g/mol. The van der Waals surface area contributed by atoms with Gasteiger partial charge in [0.1, 0.15) is 19.0 Å². The van der Waals surface area contributed by atoms with Crippen molar-refractivity contribution in [3.63, 3.8) is 0 Å². The van der Waals surface area contributed by atoms with Crippen molar-refractivity contribution < 1.29 is 19.0 Å². The van der Waals surface area contributed by atoms with Crippen LogP contribution in [0.4, 0.5) is 5.69 Å². The van der Waals surface area contributed by atoms with Gasteiger partial charge < -0.3 is 19.5 Å². The average Bonchev–Trinajstić information content (AvgIpc) is 2.54. The molecule has 0 spiro atoms. The van der Waals surface area contributed by atoms with Crippen LogP contribution in [0, 0.1) is 0 Å². The standard InChI is InChI=1S/C16H13Br2NO4/c17-10-1-3-13(12(18)7-10)23-9-16(20)19-11-2-4-14-15(8-11)22-6-5-21-14/h1-4,7-8H,5-6,9H2,(H,19,20). The molecule has 5 nitrogen and oxygen atoms in total. The van der Waals surface area contributed by atoms with E-state index in [0.29, 0.717) is 36.1 Å². The maximum Gasteiger partial charge on any atom is 0.262 e. The van der Waals surface area contributed by atoms with Crippen LogP contribution in [0.5, 0.6) is 17.2 Å². The van der Waals surface area contributed by atoms with Crippen molar-refractivity contribution in [1.82, 2.24) is 0 Å². The zero-order valence-electron chi connectivity index (χ0n) is 12.0. The third kappa shape index (κ3) is 4.17. The van der Waals surface area contributed by atoms with Crippen LogP contribution in [0.25, 0.3) is 0 Å². The summed E-state index contributed by atoms with van der Waals surface area (Å²) in [5.74, 6) is 1.66. The molecule has 1 heterocycles. The number of hydrogen-bond donors (Lipinski definition) is 1. The maximum atomic E-state index is 12.0. The van der Waals surface area contributed by atoms with Gasteiger partial charge in [-0.05, 0) is 46.3 Å². The van der Waals surface area contributed by atoms with Crippen LogP contribution < -0.4 is 19.5 Å². The van der Waals surface area contributed by atoms with E-state index < -0.39 is 0 Å². The fraction of sp³-hybridized carbons (Fsp3) is 0.188. The van der Waals surface area contributed by atoms with Gasteiger partial charge in [0.2, 0.25) is 0 Å². The van der Waals surface area contributed by atoms with Gasteiger partial charge in [-0.3, -0.25) is 4.79 Å².